The molecule has 1 fully saturated rings. The van der Waals surface area contributed by atoms with Crippen molar-refractivity contribution in [2.24, 2.45) is 4.99 Å². The maximum absolute atomic E-state index is 12.9. The van der Waals surface area contributed by atoms with Crippen LogP contribution in [0.5, 0.6) is 0 Å². The quantitative estimate of drug-likeness (QED) is 0.364. The summed E-state index contributed by atoms with van der Waals surface area (Å²) in [5, 5.41) is 3.16. The van der Waals surface area contributed by atoms with Crippen LogP contribution in [0.4, 0.5) is 18.9 Å². The number of aliphatic imine (C=N–C) groups is 1. The third-order valence-electron chi connectivity index (χ3n) is 5.52. The van der Waals surface area contributed by atoms with Crippen molar-refractivity contribution in [3.8, 4) is 0 Å². The van der Waals surface area contributed by atoms with Gasteiger partial charge in [-0.15, -0.1) is 24.0 Å². The fraction of sp³-hybridized carbons (Fsp3) is 0.600. The molecule has 1 atom stereocenters. The number of fused-ring (bicyclic) bond motifs is 1. The number of carbonyl (C=O) groups excluding carboxylic acids is 1. The first-order chi connectivity index (χ1) is 13.8. The number of nitrogens with one attached hydrogen (secondary N) is 1. The molecule has 1 aromatic rings. The van der Waals surface area contributed by atoms with Crippen molar-refractivity contribution in [2.45, 2.75) is 32.5 Å². The number of para-hydroxylation sites is 1. The maximum atomic E-state index is 12.9. The summed E-state index contributed by atoms with van der Waals surface area (Å²) < 4.78 is 38.8. The highest BCUT2D eigenvalue weighted by atomic mass is 127. The van der Waals surface area contributed by atoms with Gasteiger partial charge < -0.3 is 15.1 Å². The Kier molecular flexibility index (Phi) is 8.77. The molecule has 1 unspecified atom stereocenters. The molecule has 0 radical (unpaired) electrons. The average molecular weight is 539 g/mol. The van der Waals surface area contributed by atoms with Gasteiger partial charge in [0, 0.05) is 45.0 Å². The van der Waals surface area contributed by atoms with Gasteiger partial charge >= 0.3 is 6.18 Å². The molecule has 0 aliphatic carbocycles. The normalized spacial score (nSPS) is 18.6. The second-order valence-electron chi connectivity index (χ2n) is 7.33. The van der Waals surface area contributed by atoms with Crippen molar-refractivity contribution in [1.82, 2.24) is 15.1 Å². The summed E-state index contributed by atoms with van der Waals surface area (Å²) in [6.45, 7) is 5.89. The predicted octanol–water partition coefficient (Wildman–Crippen LogP) is 2.73. The Balaban J connectivity index is 0.00000320. The number of anilines is 1. The SMILES string of the molecule is CCNC(=NCC(=O)N1CCc2ccccc21)N1CCN(C(C)C(F)(F)F)CC1.I. The van der Waals surface area contributed by atoms with Crippen LogP contribution in [0.2, 0.25) is 0 Å². The van der Waals surface area contributed by atoms with Crippen LogP contribution in [-0.4, -0.2) is 79.7 Å². The standard InChI is InChI=1S/C20H28F3N5O.HI/c1-3-24-19(27-12-10-26(11-13-27)15(2)20(21,22)23)25-14-18(29)28-9-8-16-6-4-5-7-17(16)28;/h4-7,15H,3,8-14H2,1-2H3,(H,24,25);1H. The molecule has 2 aliphatic rings. The molecule has 10 heteroatoms. The van der Waals surface area contributed by atoms with Crippen LogP contribution in [0.3, 0.4) is 0 Å². The summed E-state index contributed by atoms with van der Waals surface area (Å²) in [7, 11) is 0. The van der Waals surface area contributed by atoms with Crippen LogP contribution in [0.25, 0.3) is 0 Å². The van der Waals surface area contributed by atoms with E-state index in [1.165, 1.54) is 11.8 Å². The number of amides is 1. The summed E-state index contributed by atoms with van der Waals surface area (Å²) >= 11 is 0. The topological polar surface area (TPSA) is 51.2 Å². The Morgan fingerprint density at radius 2 is 1.83 bits per heavy atom. The number of guanidine groups is 1. The van der Waals surface area contributed by atoms with Gasteiger partial charge in [-0.2, -0.15) is 13.2 Å². The Bertz CT molecular complexity index is 750. The summed E-state index contributed by atoms with van der Waals surface area (Å²) in [4.78, 5) is 22.3. The molecule has 0 spiro atoms. The molecule has 0 aromatic heterocycles. The number of hydrogen-bond donors (Lipinski definition) is 1. The van der Waals surface area contributed by atoms with Crippen LogP contribution < -0.4 is 10.2 Å². The highest BCUT2D eigenvalue weighted by Crippen LogP contribution is 2.27. The van der Waals surface area contributed by atoms with Gasteiger partial charge in [0.05, 0.1) is 0 Å². The highest BCUT2D eigenvalue weighted by Gasteiger charge is 2.41. The van der Waals surface area contributed by atoms with Crippen LogP contribution >= 0.6 is 24.0 Å². The molecule has 30 heavy (non-hydrogen) atoms. The van der Waals surface area contributed by atoms with Crippen molar-refractivity contribution in [3.63, 3.8) is 0 Å². The lowest BCUT2D eigenvalue weighted by atomic mass is 10.2. The van der Waals surface area contributed by atoms with Crippen LogP contribution in [0.1, 0.15) is 19.4 Å². The maximum Gasteiger partial charge on any atom is 0.403 e. The smallest absolute Gasteiger partial charge is 0.357 e. The number of piperazine rings is 1. The summed E-state index contributed by atoms with van der Waals surface area (Å²) in [5.74, 6) is 0.502. The Morgan fingerprint density at radius 1 is 1.17 bits per heavy atom. The third kappa shape index (κ3) is 5.77. The Hall–Kier alpha value is -1.56. The summed E-state index contributed by atoms with van der Waals surface area (Å²) in [6, 6.07) is 6.39. The van der Waals surface area contributed by atoms with Gasteiger partial charge in [0.25, 0.3) is 0 Å². The van der Waals surface area contributed by atoms with Gasteiger partial charge in [-0.3, -0.25) is 9.69 Å². The third-order valence-corrected chi connectivity index (χ3v) is 5.52. The van der Waals surface area contributed by atoms with E-state index < -0.39 is 12.2 Å². The van der Waals surface area contributed by atoms with E-state index in [1.807, 2.05) is 36.1 Å². The molecule has 1 saturated heterocycles. The molecule has 1 N–H and O–H groups in total. The van der Waals surface area contributed by atoms with E-state index in [4.69, 9.17) is 0 Å². The molecule has 0 bridgehead atoms. The number of rotatable bonds is 4. The van der Waals surface area contributed by atoms with Crippen LogP contribution in [-0.2, 0) is 11.2 Å². The monoisotopic (exact) mass is 539 g/mol. The predicted molar refractivity (Wildman–Crippen MR) is 123 cm³/mol. The van der Waals surface area contributed by atoms with E-state index in [2.05, 4.69) is 10.3 Å². The zero-order valence-electron chi connectivity index (χ0n) is 17.3. The van der Waals surface area contributed by atoms with E-state index in [-0.39, 0.29) is 36.4 Å². The van der Waals surface area contributed by atoms with E-state index in [0.717, 1.165) is 17.7 Å². The van der Waals surface area contributed by atoms with Crippen molar-refractivity contribution in [2.75, 3.05) is 50.7 Å². The zero-order valence-corrected chi connectivity index (χ0v) is 19.6. The second kappa shape index (κ2) is 10.7. The Labute approximate surface area is 192 Å². The van der Waals surface area contributed by atoms with Crippen molar-refractivity contribution in [1.29, 1.82) is 0 Å². The van der Waals surface area contributed by atoms with Crippen LogP contribution in [0, 0.1) is 0 Å². The first-order valence-corrected chi connectivity index (χ1v) is 10.0. The molecule has 2 aliphatic heterocycles. The van der Waals surface area contributed by atoms with E-state index >= 15 is 0 Å². The lowest BCUT2D eigenvalue weighted by Gasteiger charge is -2.39. The lowest BCUT2D eigenvalue weighted by Crippen LogP contribution is -2.56. The zero-order chi connectivity index (χ0) is 21.0. The molecule has 0 saturated carbocycles. The lowest BCUT2D eigenvalue weighted by molar-refractivity contribution is -0.181. The summed E-state index contributed by atoms with van der Waals surface area (Å²) in [5.41, 5.74) is 2.10. The number of nitrogens with zero attached hydrogens (tertiary/aromatic N) is 4. The molecular weight excluding hydrogens is 510 g/mol. The van der Waals surface area contributed by atoms with E-state index in [0.29, 0.717) is 45.2 Å². The number of halogens is 4. The second-order valence-corrected chi connectivity index (χ2v) is 7.33. The first-order valence-electron chi connectivity index (χ1n) is 10.0. The molecule has 3 rings (SSSR count). The molecule has 1 aromatic carbocycles. The minimum Gasteiger partial charge on any atom is -0.357 e. The van der Waals surface area contributed by atoms with Crippen molar-refractivity contribution < 1.29 is 18.0 Å². The fourth-order valence-corrected chi connectivity index (χ4v) is 3.78. The van der Waals surface area contributed by atoms with Gasteiger partial charge in [0.15, 0.2) is 5.96 Å². The van der Waals surface area contributed by atoms with Gasteiger partial charge in [-0.25, -0.2) is 4.99 Å². The van der Waals surface area contributed by atoms with Crippen molar-refractivity contribution in [3.05, 3.63) is 29.8 Å². The Morgan fingerprint density at radius 3 is 2.47 bits per heavy atom. The highest BCUT2D eigenvalue weighted by molar-refractivity contribution is 14.0. The van der Waals surface area contributed by atoms with Crippen LogP contribution in [0.15, 0.2) is 29.3 Å². The van der Waals surface area contributed by atoms with Gasteiger partial charge in [0.2, 0.25) is 5.91 Å². The van der Waals surface area contributed by atoms with E-state index in [9.17, 15) is 18.0 Å². The number of benzene rings is 1. The van der Waals surface area contributed by atoms with Gasteiger partial charge in [-0.1, -0.05) is 18.2 Å². The molecule has 2 heterocycles. The van der Waals surface area contributed by atoms with Gasteiger partial charge in [-0.05, 0) is 31.9 Å². The average Bonchev–Trinajstić information content (AvgIpc) is 3.14. The van der Waals surface area contributed by atoms with Crippen molar-refractivity contribution >= 4 is 41.5 Å². The molecule has 1 amide bonds. The molecule has 168 valence electrons. The largest absolute Gasteiger partial charge is 0.403 e. The number of carbonyl (C=O) groups is 1. The molecular formula is C20H29F3IN5O. The fourth-order valence-electron chi connectivity index (χ4n) is 3.78. The first kappa shape index (κ1) is 24.7. The minimum absolute atomic E-state index is 0. The molecule has 6 nitrogen and oxygen atoms in total. The summed E-state index contributed by atoms with van der Waals surface area (Å²) in [6.07, 6.45) is -3.38. The number of hydrogen-bond acceptors (Lipinski definition) is 3. The minimum atomic E-state index is -4.22. The van der Waals surface area contributed by atoms with Gasteiger partial charge in [0.1, 0.15) is 12.6 Å². The van der Waals surface area contributed by atoms with E-state index in [1.54, 1.807) is 4.90 Å². The number of alkyl halides is 3.